The Bertz CT molecular complexity index is 171. The van der Waals surface area contributed by atoms with Crippen LogP contribution in [0.1, 0.15) is 32.6 Å². The van der Waals surface area contributed by atoms with Crippen LogP contribution < -0.4 is 0 Å². The largest absolute Gasteiger partial charge is 0.374 e. The van der Waals surface area contributed by atoms with E-state index in [9.17, 15) is 0 Å². The molecule has 0 bridgehead atoms. The number of rotatable bonds is 2. The summed E-state index contributed by atoms with van der Waals surface area (Å²) in [6.45, 7) is 8.84. The Morgan fingerprint density at radius 2 is 2.09 bits per heavy atom. The van der Waals surface area contributed by atoms with E-state index in [0.29, 0.717) is 0 Å². The summed E-state index contributed by atoms with van der Waals surface area (Å²) in [5.41, 5.74) is 2.10. The standard InChI is InChI=1S/C10H17N/c1-3-9(2)11-7-10(8-11)5-4-6-10/h2-8H2,1H3. The van der Waals surface area contributed by atoms with Crippen molar-refractivity contribution in [1.82, 2.24) is 4.90 Å². The van der Waals surface area contributed by atoms with Gasteiger partial charge in [-0.3, -0.25) is 0 Å². The van der Waals surface area contributed by atoms with Crippen LogP contribution in [0.15, 0.2) is 12.3 Å². The number of allylic oxidation sites excluding steroid dienone is 1. The molecule has 1 spiro atoms. The molecule has 0 aromatic carbocycles. The van der Waals surface area contributed by atoms with Gasteiger partial charge in [-0.05, 0) is 19.3 Å². The van der Waals surface area contributed by atoms with Crippen molar-refractivity contribution >= 4 is 0 Å². The molecule has 1 aliphatic carbocycles. The minimum Gasteiger partial charge on any atom is -0.374 e. The van der Waals surface area contributed by atoms with Gasteiger partial charge in [-0.15, -0.1) is 0 Å². The minimum absolute atomic E-state index is 0.762. The lowest BCUT2D eigenvalue weighted by Crippen LogP contribution is -2.58. The van der Waals surface area contributed by atoms with Crippen molar-refractivity contribution < 1.29 is 0 Å². The first-order chi connectivity index (χ1) is 5.26. The van der Waals surface area contributed by atoms with Crippen LogP contribution in [0.5, 0.6) is 0 Å². The Morgan fingerprint density at radius 3 is 2.45 bits per heavy atom. The van der Waals surface area contributed by atoms with Crippen molar-refractivity contribution in [2.75, 3.05) is 13.1 Å². The van der Waals surface area contributed by atoms with E-state index in [1.807, 2.05) is 0 Å². The van der Waals surface area contributed by atoms with Gasteiger partial charge >= 0.3 is 0 Å². The molecule has 1 heteroatoms. The summed E-state index contributed by atoms with van der Waals surface area (Å²) in [6.07, 6.45) is 5.53. The van der Waals surface area contributed by atoms with Crippen molar-refractivity contribution in [2.45, 2.75) is 32.6 Å². The van der Waals surface area contributed by atoms with Crippen molar-refractivity contribution in [3.63, 3.8) is 0 Å². The summed E-state index contributed by atoms with van der Waals surface area (Å²) in [7, 11) is 0. The zero-order valence-electron chi connectivity index (χ0n) is 7.40. The van der Waals surface area contributed by atoms with Gasteiger partial charge in [-0.1, -0.05) is 19.9 Å². The quantitative estimate of drug-likeness (QED) is 0.585. The van der Waals surface area contributed by atoms with Crippen LogP contribution in [-0.4, -0.2) is 18.0 Å². The van der Waals surface area contributed by atoms with Crippen molar-refractivity contribution in [3.05, 3.63) is 12.3 Å². The predicted molar refractivity (Wildman–Crippen MR) is 47.3 cm³/mol. The maximum Gasteiger partial charge on any atom is 0.0248 e. The molecule has 0 unspecified atom stereocenters. The number of nitrogens with zero attached hydrogens (tertiary/aromatic N) is 1. The Balaban J connectivity index is 1.83. The van der Waals surface area contributed by atoms with Gasteiger partial charge in [-0.2, -0.15) is 0 Å². The summed E-state index contributed by atoms with van der Waals surface area (Å²) in [5.74, 6) is 0. The van der Waals surface area contributed by atoms with Crippen molar-refractivity contribution in [3.8, 4) is 0 Å². The molecule has 0 aromatic rings. The Labute approximate surface area is 69.1 Å². The van der Waals surface area contributed by atoms with Crippen LogP contribution in [-0.2, 0) is 0 Å². The highest BCUT2D eigenvalue weighted by molar-refractivity contribution is 5.08. The number of likely N-dealkylation sites (tertiary alicyclic amines) is 1. The van der Waals surface area contributed by atoms with Gasteiger partial charge < -0.3 is 4.90 Å². The maximum absolute atomic E-state index is 4.05. The highest BCUT2D eigenvalue weighted by Gasteiger charge is 2.47. The Kier molecular flexibility index (Phi) is 1.48. The van der Waals surface area contributed by atoms with E-state index < -0.39 is 0 Å². The zero-order valence-corrected chi connectivity index (χ0v) is 7.40. The van der Waals surface area contributed by atoms with Gasteiger partial charge in [0.15, 0.2) is 0 Å². The van der Waals surface area contributed by atoms with E-state index in [0.717, 1.165) is 11.8 Å². The summed E-state index contributed by atoms with van der Waals surface area (Å²) >= 11 is 0. The fraction of sp³-hybridized carbons (Fsp3) is 0.800. The highest BCUT2D eigenvalue weighted by Crippen LogP contribution is 2.49. The second kappa shape index (κ2) is 2.26. The van der Waals surface area contributed by atoms with Crippen LogP contribution in [0.2, 0.25) is 0 Å². The van der Waals surface area contributed by atoms with E-state index in [1.54, 1.807) is 0 Å². The summed E-state index contributed by atoms with van der Waals surface area (Å²) < 4.78 is 0. The van der Waals surface area contributed by atoms with E-state index in [4.69, 9.17) is 0 Å². The molecule has 2 rings (SSSR count). The van der Waals surface area contributed by atoms with E-state index in [-0.39, 0.29) is 0 Å². The van der Waals surface area contributed by atoms with Gasteiger partial charge in [0, 0.05) is 24.2 Å². The van der Waals surface area contributed by atoms with E-state index >= 15 is 0 Å². The molecule has 1 saturated carbocycles. The van der Waals surface area contributed by atoms with Crippen molar-refractivity contribution in [2.24, 2.45) is 5.41 Å². The molecule has 0 aromatic heterocycles. The van der Waals surface area contributed by atoms with Gasteiger partial charge in [0.05, 0.1) is 0 Å². The molecule has 1 aliphatic heterocycles. The fourth-order valence-corrected chi connectivity index (χ4v) is 2.20. The maximum atomic E-state index is 4.05. The molecule has 0 radical (unpaired) electrons. The third kappa shape index (κ3) is 0.979. The average Bonchev–Trinajstić information content (AvgIpc) is 1.81. The summed E-state index contributed by atoms with van der Waals surface area (Å²) in [5, 5.41) is 0. The lowest BCUT2D eigenvalue weighted by Gasteiger charge is -2.57. The van der Waals surface area contributed by atoms with E-state index in [1.165, 1.54) is 38.0 Å². The lowest BCUT2D eigenvalue weighted by molar-refractivity contribution is -0.0397. The first-order valence-corrected chi connectivity index (χ1v) is 4.68. The zero-order chi connectivity index (χ0) is 7.90. The van der Waals surface area contributed by atoms with Gasteiger partial charge in [0.2, 0.25) is 0 Å². The Morgan fingerprint density at radius 1 is 1.45 bits per heavy atom. The predicted octanol–water partition coefficient (Wildman–Crippen LogP) is 2.40. The lowest BCUT2D eigenvalue weighted by atomic mass is 9.63. The molecule has 1 heterocycles. The van der Waals surface area contributed by atoms with Crippen LogP contribution in [0.3, 0.4) is 0 Å². The Hall–Kier alpha value is -0.460. The van der Waals surface area contributed by atoms with Crippen molar-refractivity contribution in [1.29, 1.82) is 0 Å². The normalized spacial score (nSPS) is 26.1. The van der Waals surface area contributed by atoms with Crippen LogP contribution in [0, 0.1) is 5.41 Å². The van der Waals surface area contributed by atoms with Gasteiger partial charge in [0.25, 0.3) is 0 Å². The summed E-state index contributed by atoms with van der Waals surface area (Å²) in [4.78, 5) is 2.44. The first-order valence-electron chi connectivity index (χ1n) is 4.68. The van der Waals surface area contributed by atoms with Crippen LogP contribution in [0.25, 0.3) is 0 Å². The molecule has 11 heavy (non-hydrogen) atoms. The average molecular weight is 151 g/mol. The molecule has 0 atom stereocenters. The fourth-order valence-electron chi connectivity index (χ4n) is 2.20. The molecular weight excluding hydrogens is 134 g/mol. The highest BCUT2D eigenvalue weighted by atomic mass is 15.2. The molecule has 1 saturated heterocycles. The SMILES string of the molecule is C=C(CC)N1CC2(CCC2)C1. The molecule has 2 fully saturated rings. The molecule has 1 nitrogen and oxygen atoms in total. The topological polar surface area (TPSA) is 3.24 Å². The summed E-state index contributed by atoms with van der Waals surface area (Å²) in [6, 6.07) is 0. The van der Waals surface area contributed by atoms with E-state index in [2.05, 4.69) is 18.4 Å². The molecular formula is C10H17N. The molecule has 0 amide bonds. The monoisotopic (exact) mass is 151 g/mol. The number of hydrogen-bond donors (Lipinski definition) is 0. The van der Waals surface area contributed by atoms with Crippen LogP contribution >= 0.6 is 0 Å². The third-order valence-electron chi connectivity index (χ3n) is 3.32. The minimum atomic E-state index is 0.762. The van der Waals surface area contributed by atoms with Crippen LogP contribution in [0.4, 0.5) is 0 Å². The second-order valence-corrected chi connectivity index (χ2v) is 4.13. The second-order valence-electron chi connectivity index (χ2n) is 4.13. The first kappa shape index (κ1) is 7.20. The molecule has 0 N–H and O–H groups in total. The molecule has 62 valence electrons. The third-order valence-corrected chi connectivity index (χ3v) is 3.32. The smallest absolute Gasteiger partial charge is 0.0248 e. The van der Waals surface area contributed by atoms with Gasteiger partial charge in [-0.25, -0.2) is 0 Å². The molecule has 2 aliphatic rings. The number of hydrogen-bond acceptors (Lipinski definition) is 1. The van der Waals surface area contributed by atoms with Gasteiger partial charge in [0.1, 0.15) is 0 Å².